The largest absolute Gasteiger partial charge is 0.486 e. The fraction of sp³-hybridized carbons (Fsp3) is 0.235. The monoisotopic (exact) mass is 351 g/mol. The molecule has 0 aromatic heterocycles. The van der Waals surface area contributed by atoms with Crippen molar-refractivity contribution < 1.29 is 23.0 Å². The molecular weight excluding hydrogens is 336 g/mol. The summed E-state index contributed by atoms with van der Waals surface area (Å²) in [6, 6.07) is 10.6. The van der Waals surface area contributed by atoms with Gasteiger partial charge in [-0.3, -0.25) is 4.79 Å². The summed E-state index contributed by atoms with van der Waals surface area (Å²) in [6.45, 7) is 0.636. The Hall–Kier alpha value is -2.28. The van der Waals surface area contributed by atoms with Crippen LogP contribution in [-0.4, -0.2) is 30.9 Å². The van der Waals surface area contributed by atoms with Crippen LogP contribution in [0.3, 0.4) is 0 Å². The van der Waals surface area contributed by atoms with Gasteiger partial charge in [-0.1, -0.05) is 12.1 Å². The lowest BCUT2D eigenvalue weighted by atomic mass is 10.2. The maximum Gasteiger partial charge on any atom is 0.230 e. The Balaban J connectivity index is 1.45. The number of carbonyl (C=O) groups excluding carboxylic acids is 1. The molecule has 0 fully saturated rings. The summed E-state index contributed by atoms with van der Waals surface area (Å²) < 4.78 is 37.6. The molecule has 1 heterocycles. The normalized spacial score (nSPS) is 15.8. The topological polar surface area (TPSA) is 47.6 Å². The lowest BCUT2D eigenvalue weighted by molar-refractivity contribution is -0.119. The molecule has 1 N–H and O–H groups in total. The molecule has 2 aromatic rings. The molecular formula is C17H15F2NO3S. The van der Waals surface area contributed by atoms with E-state index >= 15 is 0 Å². The summed E-state index contributed by atoms with van der Waals surface area (Å²) in [7, 11) is 0. The van der Waals surface area contributed by atoms with Crippen molar-refractivity contribution in [3.63, 3.8) is 0 Å². The Labute approximate surface area is 142 Å². The van der Waals surface area contributed by atoms with Gasteiger partial charge in [-0.2, -0.15) is 0 Å². The van der Waals surface area contributed by atoms with Gasteiger partial charge < -0.3 is 14.8 Å². The molecule has 1 aliphatic rings. The lowest BCUT2D eigenvalue weighted by Gasteiger charge is -2.26. The van der Waals surface area contributed by atoms with Crippen molar-refractivity contribution >= 4 is 17.7 Å². The number of rotatable bonds is 5. The molecule has 7 heteroatoms. The van der Waals surface area contributed by atoms with Gasteiger partial charge in [0, 0.05) is 11.0 Å². The summed E-state index contributed by atoms with van der Waals surface area (Å²) in [5.74, 6) is -0.212. The lowest BCUT2D eigenvalue weighted by Crippen LogP contribution is -2.41. The zero-order chi connectivity index (χ0) is 16.9. The van der Waals surface area contributed by atoms with Crippen LogP contribution in [0.5, 0.6) is 11.5 Å². The number of fused-ring (bicyclic) bond motifs is 1. The van der Waals surface area contributed by atoms with Crippen molar-refractivity contribution in [3.05, 3.63) is 54.1 Å². The van der Waals surface area contributed by atoms with E-state index in [1.807, 2.05) is 18.2 Å². The zero-order valence-corrected chi connectivity index (χ0v) is 13.4. The first kappa shape index (κ1) is 16.6. The number of halogens is 2. The second-order valence-corrected chi connectivity index (χ2v) is 6.18. The van der Waals surface area contributed by atoms with Gasteiger partial charge in [-0.15, -0.1) is 11.8 Å². The Morgan fingerprint density at radius 2 is 2.00 bits per heavy atom. The Kier molecular flexibility index (Phi) is 5.20. The van der Waals surface area contributed by atoms with Gasteiger partial charge in [0.1, 0.15) is 24.3 Å². The summed E-state index contributed by atoms with van der Waals surface area (Å²) in [4.78, 5) is 12.1. The minimum Gasteiger partial charge on any atom is -0.486 e. The van der Waals surface area contributed by atoms with E-state index in [1.54, 1.807) is 6.07 Å². The second-order valence-electron chi connectivity index (χ2n) is 5.17. The van der Waals surface area contributed by atoms with Crippen molar-refractivity contribution in [2.45, 2.75) is 11.0 Å². The van der Waals surface area contributed by atoms with E-state index in [0.717, 1.165) is 23.9 Å². The average molecular weight is 351 g/mol. The second kappa shape index (κ2) is 7.53. The third-order valence-electron chi connectivity index (χ3n) is 3.35. The number of para-hydroxylation sites is 2. The summed E-state index contributed by atoms with van der Waals surface area (Å²) in [5, 5.41) is 2.72. The molecule has 2 aromatic carbocycles. The molecule has 0 saturated carbocycles. The average Bonchev–Trinajstić information content (AvgIpc) is 2.59. The van der Waals surface area contributed by atoms with Crippen LogP contribution in [0.15, 0.2) is 47.4 Å². The van der Waals surface area contributed by atoms with Gasteiger partial charge in [-0.05, 0) is 24.3 Å². The van der Waals surface area contributed by atoms with E-state index in [4.69, 9.17) is 9.47 Å². The van der Waals surface area contributed by atoms with Gasteiger partial charge in [0.15, 0.2) is 11.5 Å². The number of nitrogens with one attached hydrogen (secondary N) is 1. The number of carbonyl (C=O) groups is 1. The first-order valence-corrected chi connectivity index (χ1v) is 8.33. The molecule has 0 unspecified atom stereocenters. The van der Waals surface area contributed by atoms with Gasteiger partial charge in [0.2, 0.25) is 5.91 Å². The third-order valence-corrected chi connectivity index (χ3v) is 4.40. The van der Waals surface area contributed by atoms with Crippen molar-refractivity contribution in [2.75, 3.05) is 18.9 Å². The standard InChI is InChI=1S/C17H15F2NO3S/c18-11-5-6-16(13(19)7-11)24-10-17(21)20-8-12-9-22-14-3-1-2-4-15(14)23-12/h1-7,12H,8-10H2,(H,20,21)/t12-/m1/s1. The highest BCUT2D eigenvalue weighted by molar-refractivity contribution is 8.00. The molecule has 1 atom stereocenters. The SMILES string of the molecule is O=C(CSc1ccc(F)cc1F)NC[C@@H]1COc2ccccc2O1. The van der Waals surface area contributed by atoms with E-state index in [2.05, 4.69) is 5.32 Å². The Morgan fingerprint density at radius 3 is 2.79 bits per heavy atom. The molecule has 0 aliphatic carbocycles. The predicted octanol–water partition coefficient (Wildman–Crippen LogP) is 3.01. The van der Waals surface area contributed by atoms with Crippen LogP contribution in [0.2, 0.25) is 0 Å². The number of amides is 1. The van der Waals surface area contributed by atoms with E-state index < -0.39 is 11.6 Å². The highest BCUT2D eigenvalue weighted by atomic mass is 32.2. The van der Waals surface area contributed by atoms with Crippen LogP contribution >= 0.6 is 11.8 Å². The molecule has 0 radical (unpaired) electrons. The Morgan fingerprint density at radius 1 is 1.21 bits per heavy atom. The number of benzene rings is 2. The van der Waals surface area contributed by atoms with Crippen molar-refractivity contribution in [1.29, 1.82) is 0 Å². The minimum absolute atomic E-state index is 0.0344. The summed E-state index contributed by atoms with van der Waals surface area (Å²) in [5.41, 5.74) is 0. The highest BCUT2D eigenvalue weighted by Crippen LogP contribution is 2.30. The van der Waals surface area contributed by atoms with E-state index in [-0.39, 0.29) is 22.7 Å². The van der Waals surface area contributed by atoms with Crippen LogP contribution < -0.4 is 14.8 Å². The third kappa shape index (κ3) is 4.17. The highest BCUT2D eigenvalue weighted by Gasteiger charge is 2.21. The number of hydrogen-bond donors (Lipinski definition) is 1. The van der Waals surface area contributed by atoms with E-state index in [9.17, 15) is 13.6 Å². The van der Waals surface area contributed by atoms with Gasteiger partial charge >= 0.3 is 0 Å². The molecule has 1 amide bonds. The number of ether oxygens (including phenoxy) is 2. The van der Waals surface area contributed by atoms with Crippen LogP contribution in [0.4, 0.5) is 8.78 Å². The van der Waals surface area contributed by atoms with Gasteiger partial charge in [0.25, 0.3) is 0 Å². The molecule has 3 rings (SSSR count). The molecule has 0 spiro atoms. The van der Waals surface area contributed by atoms with Crippen molar-refractivity contribution in [1.82, 2.24) is 5.32 Å². The molecule has 24 heavy (non-hydrogen) atoms. The van der Waals surface area contributed by atoms with Crippen LogP contribution in [0.1, 0.15) is 0 Å². The van der Waals surface area contributed by atoms with Crippen LogP contribution in [0.25, 0.3) is 0 Å². The molecule has 4 nitrogen and oxygen atoms in total. The fourth-order valence-corrected chi connectivity index (χ4v) is 2.93. The van der Waals surface area contributed by atoms with E-state index in [1.165, 1.54) is 6.07 Å². The molecule has 0 bridgehead atoms. The van der Waals surface area contributed by atoms with Gasteiger partial charge in [-0.25, -0.2) is 8.78 Å². The smallest absolute Gasteiger partial charge is 0.230 e. The quantitative estimate of drug-likeness (QED) is 0.842. The summed E-state index contributed by atoms with van der Waals surface area (Å²) in [6.07, 6.45) is -0.281. The maximum atomic E-state index is 13.5. The summed E-state index contributed by atoms with van der Waals surface area (Å²) >= 11 is 1.01. The molecule has 0 saturated heterocycles. The fourth-order valence-electron chi connectivity index (χ4n) is 2.18. The van der Waals surface area contributed by atoms with Crippen molar-refractivity contribution in [2.24, 2.45) is 0 Å². The first-order valence-electron chi connectivity index (χ1n) is 7.35. The van der Waals surface area contributed by atoms with Gasteiger partial charge in [0.05, 0.1) is 12.3 Å². The van der Waals surface area contributed by atoms with Crippen LogP contribution in [0, 0.1) is 11.6 Å². The molecule has 1 aliphatic heterocycles. The number of thioether (sulfide) groups is 1. The Bertz CT molecular complexity index is 742. The van der Waals surface area contributed by atoms with E-state index in [0.29, 0.717) is 24.7 Å². The molecule has 126 valence electrons. The maximum absolute atomic E-state index is 13.5. The first-order chi connectivity index (χ1) is 11.6. The number of hydrogen-bond acceptors (Lipinski definition) is 4. The van der Waals surface area contributed by atoms with Crippen molar-refractivity contribution in [3.8, 4) is 11.5 Å². The predicted molar refractivity (Wildman–Crippen MR) is 86.4 cm³/mol. The van der Waals surface area contributed by atoms with Crippen LogP contribution in [-0.2, 0) is 4.79 Å². The zero-order valence-electron chi connectivity index (χ0n) is 12.6. The minimum atomic E-state index is -0.673.